The summed E-state index contributed by atoms with van der Waals surface area (Å²) in [4.78, 5) is 0. The molecule has 0 aromatic heterocycles. The van der Waals surface area contributed by atoms with Crippen molar-refractivity contribution in [2.75, 3.05) is 0 Å². The van der Waals surface area contributed by atoms with E-state index < -0.39 is 0 Å². The average molecular weight is 303 g/mol. The third-order valence-electron chi connectivity index (χ3n) is 5.77. The van der Waals surface area contributed by atoms with Gasteiger partial charge in [-0.05, 0) is 48.0 Å². The van der Waals surface area contributed by atoms with Crippen LogP contribution in [0.25, 0.3) is 0 Å². The van der Waals surface area contributed by atoms with Gasteiger partial charge in [0, 0.05) is 0 Å². The topological polar surface area (TPSA) is 0 Å². The number of rotatable bonds is 7. The first-order chi connectivity index (χ1) is 10.1. The maximum Gasteiger partial charge on any atom is -0.0154 e. The normalized spacial score (nSPS) is 15.6. The second-order valence-corrected chi connectivity index (χ2v) is 9.08. The second-order valence-electron chi connectivity index (χ2n) is 9.08. The predicted molar refractivity (Wildman–Crippen MR) is 100 cm³/mol. The molecule has 0 bridgehead atoms. The zero-order valence-electron chi connectivity index (χ0n) is 16.3. The SMILES string of the molecule is CCCC(C)CC(CC(C)(C)C(C)(C)C)c1cccc(C)c1. The summed E-state index contributed by atoms with van der Waals surface area (Å²) in [5.74, 6) is 1.49. The molecule has 0 heteroatoms. The van der Waals surface area contributed by atoms with Gasteiger partial charge in [0.25, 0.3) is 0 Å². The fourth-order valence-electron chi connectivity index (χ4n) is 3.28. The van der Waals surface area contributed by atoms with Gasteiger partial charge in [-0.15, -0.1) is 0 Å². The molecule has 0 aliphatic heterocycles. The van der Waals surface area contributed by atoms with Gasteiger partial charge >= 0.3 is 0 Å². The first-order valence-electron chi connectivity index (χ1n) is 9.13. The van der Waals surface area contributed by atoms with Crippen molar-refractivity contribution in [2.24, 2.45) is 16.7 Å². The molecule has 0 aliphatic rings. The van der Waals surface area contributed by atoms with E-state index >= 15 is 0 Å². The Morgan fingerprint density at radius 3 is 2.18 bits per heavy atom. The van der Waals surface area contributed by atoms with Crippen LogP contribution in [0.15, 0.2) is 24.3 Å². The molecule has 0 radical (unpaired) electrons. The van der Waals surface area contributed by atoms with Crippen molar-refractivity contribution >= 4 is 0 Å². The molecular weight excluding hydrogens is 264 g/mol. The molecule has 0 saturated heterocycles. The number of aryl methyl sites for hydroxylation is 1. The van der Waals surface area contributed by atoms with E-state index in [2.05, 4.69) is 79.7 Å². The van der Waals surface area contributed by atoms with Crippen LogP contribution in [-0.2, 0) is 0 Å². The molecule has 0 N–H and O–H groups in total. The maximum atomic E-state index is 2.44. The molecule has 0 nitrogen and oxygen atoms in total. The van der Waals surface area contributed by atoms with Crippen molar-refractivity contribution in [1.82, 2.24) is 0 Å². The molecule has 2 atom stereocenters. The van der Waals surface area contributed by atoms with Gasteiger partial charge in [0.2, 0.25) is 0 Å². The van der Waals surface area contributed by atoms with Gasteiger partial charge in [-0.25, -0.2) is 0 Å². The van der Waals surface area contributed by atoms with Crippen molar-refractivity contribution < 1.29 is 0 Å². The first kappa shape index (κ1) is 19.3. The van der Waals surface area contributed by atoms with Crippen molar-refractivity contribution in [1.29, 1.82) is 0 Å². The van der Waals surface area contributed by atoms with Crippen LogP contribution in [0.4, 0.5) is 0 Å². The molecule has 0 spiro atoms. The fourth-order valence-corrected chi connectivity index (χ4v) is 3.28. The summed E-state index contributed by atoms with van der Waals surface area (Å²) in [6.07, 6.45) is 5.23. The highest BCUT2D eigenvalue weighted by Crippen LogP contribution is 2.46. The Kier molecular flexibility index (Phi) is 6.71. The van der Waals surface area contributed by atoms with E-state index in [0.29, 0.717) is 16.7 Å². The van der Waals surface area contributed by atoms with Gasteiger partial charge in [0.05, 0.1) is 0 Å². The van der Waals surface area contributed by atoms with Gasteiger partial charge in [0.15, 0.2) is 0 Å². The smallest absolute Gasteiger partial charge is 0.0154 e. The lowest BCUT2D eigenvalue weighted by Crippen LogP contribution is -2.31. The molecule has 0 amide bonds. The van der Waals surface area contributed by atoms with E-state index in [-0.39, 0.29) is 0 Å². The van der Waals surface area contributed by atoms with E-state index in [1.165, 1.54) is 31.2 Å². The summed E-state index contributed by atoms with van der Waals surface area (Å²) in [5.41, 5.74) is 3.61. The van der Waals surface area contributed by atoms with E-state index in [1.807, 2.05) is 0 Å². The first-order valence-corrected chi connectivity index (χ1v) is 9.13. The highest BCUT2D eigenvalue weighted by Gasteiger charge is 2.35. The highest BCUT2D eigenvalue weighted by atomic mass is 14.4. The van der Waals surface area contributed by atoms with E-state index in [1.54, 1.807) is 5.56 Å². The van der Waals surface area contributed by atoms with Crippen LogP contribution in [0, 0.1) is 23.7 Å². The Morgan fingerprint density at radius 1 is 1.05 bits per heavy atom. The van der Waals surface area contributed by atoms with E-state index in [4.69, 9.17) is 0 Å². The average Bonchev–Trinajstić information content (AvgIpc) is 2.36. The molecule has 1 rings (SSSR count). The van der Waals surface area contributed by atoms with Gasteiger partial charge < -0.3 is 0 Å². The lowest BCUT2D eigenvalue weighted by molar-refractivity contribution is 0.104. The van der Waals surface area contributed by atoms with Crippen LogP contribution in [-0.4, -0.2) is 0 Å². The fraction of sp³-hybridized carbons (Fsp3) is 0.727. The molecule has 0 heterocycles. The number of benzene rings is 1. The molecule has 1 aromatic rings. The molecule has 0 fully saturated rings. The Balaban J connectivity index is 3.01. The van der Waals surface area contributed by atoms with Crippen LogP contribution < -0.4 is 0 Å². The lowest BCUT2D eigenvalue weighted by atomic mass is 9.63. The summed E-state index contributed by atoms with van der Waals surface area (Å²) >= 11 is 0. The molecular formula is C22H38. The Morgan fingerprint density at radius 2 is 1.68 bits per heavy atom. The van der Waals surface area contributed by atoms with Crippen LogP contribution in [0.5, 0.6) is 0 Å². The monoisotopic (exact) mass is 302 g/mol. The van der Waals surface area contributed by atoms with Crippen molar-refractivity contribution in [3.63, 3.8) is 0 Å². The number of hydrogen-bond acceptors (Lipinski definition) is 0. The highest BCUT2D eigenvalue weighted by molar-refractivity contribution is 5.26. The van der Waals surface area contributed by atoms with Gasteiger partial charge in [-0.3, -0.25) is 0 Å². The van der Waals surface area contributed by atoms with Crippen molar-refractivity contribution in [2.45, 2.75) is 87.0 Å². The summed E-state index contributed by atoms with van der Waals surface area (Å²) in [6, 6.07) is 9.19. The zero-order chi connectivity index (χ0) is 17.0. The molecule has 126 valence electrons. The largest absolute Gasteiger partial charge is 0.0654 e. The minimum atomic E-state index is 0.336. The van der Waals surface area contributed by atoms with Crippen LogP contribution in [0.1, 0.15) is 91.2 Å². The summed E-state index contributed by atoms with van der Waals surface area (Å²) < 4.78 is 0. The van der Waals surface area contributed by atoms with Gasteiger partial charge in [-0.2, -0.15) is 0 Å². The quantitative estimate of drug-likeness (QED) is 0.493. The van der Waals surface area contributed by atoms with E-state index in [0.717, 1.165) is 5.92 Å². The van der Waals surface area contributed by atoms with Gasteiger partial charge in [0.1, 0.15) is 0 Å². The third-order valence-corrected chi connectivity index (χ3v) is 5.77. The Labute approximate surface area is 139 Å². The van der Waals surface area contributed by atoms with Crippen LogP contribution >= 0.6 is 0 Å². The molecule has 22 heavy (non-hydrogen) atoms. The Hall–Kier alpha value is -0.780. The molecule has 0 saturated carbocycles. The summed E-state index contributed by atoms with van der Waals surface area (Å²) in [6.45, 7) is 19.0. The third kappa shape index (κ3) is 5.45. The minimum Gasteiger partial charge on any atom is -0.0654 e. The number of hydrogen-bond donors (Lipinski definition) is 0. The molecule has 0 aliphatic carbocycles. The summed E-state index contributed by atoms with van der Waals surface area (Å²) in [5, 5.41) is 0. The maximum absolute atomic E-state index is 2.44. The summed E-state index contributed by atoms with van der Waals surface area (Å²) in [7, 11) is 0. The lowest BCUT2D eigenvalue weighted by Gasteiger charge is -2.42. The van der Waals surface area contributed by atoms with Crippen molar-refractivity contribution in [3.8, 4) is 0 Å². The predicted octanol–water partition coefficient (Wildman–Crippen LogP) is 7.37. The molecule has 1 aromatic carbocycles. The molecule has 2 unspecified atom stereocenters. The van der Waals surface area contributed by atoms with Crippen molar-refractivity contribution in [3.05, 3.63) is 35.4 Å². The van der Waals surface area contributed by atoms with E-state index in [9.17, 15) is 0 Å². The standard InChI is InChI=1S/C22H38/c1-9-11-17(2)15-20(16-22(7,8)21(4,5)6)19-13-10-12-18(3)14-19/h10,12-14,17,20H,9,11,15-16H2,1-8H3. The Bertz CT molecular complexity index is 447. The zero-order valence-corrected chi connectivity index (χ0v) is 16.3. The van der Waals surface area contributed by atoms with Crippen LogP contribution in [0.3, 0.4) is 0 Å². The van der Waals surface area contributed by atoms with Gasteiger partial charge in [-0.1, -0.05) is 91.1 Å². The minimum absolute atomic E-state index is 0.336. The van der Waals surface area contributed by atoms with Crippen LogP contribution in [0.2, 0.25) is 0 Å². The second kappa shape index (κ2) is 7.66.